The summed E-state index contributed by atoms with van der Waals surface area (Å²) in [6, 6.07) is 7.82. The molecule has 0 radical (unpaired) electrons. The summed E-state index contributed by atoms with van der Waals surface area (Å²) in [4.78, 5) is 10.1. The lowest BCUT2D eigenvalue weighted by molar-refractivity contribution is -0.0395. The molecule has 8 heteroatoms. The van der Waals surface area contributed by atoms with E-state index in [-0.39, 0.29) is 6.23 Å². The van der Waals surface area contributed by atoms with Crippen LogP contribution in [0.15, 0.2) is 34.5 Å². The first-order chi connectivity index (χ1) is 12.2. The fourth-order valence-corrected chi connectivity index (χ4v) is 4.43. The van der Waals surface area contributed by atoms with Gasteiger partial charge in [0.05, 0.1) is 10.6 Å². The zero-order chi connectivity index (χ0) is 17.2. The largest absolute Gasteiger partial charge is 0.356 e. The van der Waals surface area contributed by atoms with E-state index in [2.05, 4.69) is 31.0 Å². The van der Waals surface area contributed by atoms with Crippen molar-refractivity contribution in [1.82, 2.24) is 19.7 Å². The topological polar surface area (TPSA) is 52.8 Å². The van der Waals surface area contributed by atoms with Crippen molar-refractivity contribution >= 4 is 38.9 Å². The molecule has 0 bridgehead atoms. The van der Waals surface area contributed by atoms with Crippen LogP contribution >= 0.6 is 38.9 Å². The Morgan fingerprint density at radius 3 is 2.88 bits per heavy atom. The minimum absolute atomic E-state index is 0.00826. The van der Waals surface area contributed by atoms with Gasteiger partial charge < -0.3 is 4.74 Å². The van der Waals surface area contributed by atoms with E-state index < -0.39 is 0 Å². The van der Waals surface area contributed by atoms with Crippen LogP contribution in [0.4, 0.5) is 0 Å². The minimum Gasteiger partial charge on any atom is -0.356 e. The van der Waals surface area contributed by atoms with Gasteiger partial charge in [0.1, 0.15) is 6.33 Å². The van der Waals surface area contributed by atoms with Gasteiger partial charge in [0.15, 0.2) is 16.0 Å². The molecular formula is C17H16BrClN4OS. The van der Waals surface area contributed by atoms with Crippen LogP contribution in [0.5, 0.6) is 0 Å². The SMILES string of the molecule is Clc1ccc(Cc2nc(Br)sc2-c2ncn(C3CCCCO3)n2)cc1. The van der Waals surface area contributed by atoms with E-state index in [1.54, 1.807) is 17.7 Å². The van der Waals surface area contributed by atoms with E-state index >= 15 is 0 Å². The lowest BCUT2D eigenvalue weighted by Crippen LogP contribution is -2.18. The van der Waals surface area contributed by atoms with Crippen molar-refractivity contribution in [1.29, 1.82) is 0 Å². The molecule has 0 spiro atoms. The standard InChI is InChI=1S/C17H16BrClN4OS/c18-17-21-13(9-11-4-6-12(19)7-5-11)15(25-17)16-20-10-23(22-16)14-3-1-2-8-24-14/h4-7,10,14H,1-3,8-9H2. The Kier molecular flexibility index (Phi) is 5.17. The Bertz CT molecular complexity index is 858. The normalized spacial score (nSPS) is 17.8. The fraction of sp³-hybridized carbons (Fsp3) is 0.353. The van der Waals surface area contributed by atoms with Crippen LogP contribution in [0.1, 0.15) is 36.7 Å². The number of rotatable bonds is 4. The molecule has 0 aliphatic carbocycles. The summed E-state index contributed by atoms with van der Waals surface area (Å²) in [5, 5.41) is 5.38. The van der Waals surface area contributed by atoms with Gasteiger partial charge in [0, 0.05) is 18.1 Å². The van der Waals surface area contributed by atoms with E-state index in [0.29, 0.717) is 12.2 Å². The van der Waals surface area contributed by atoms with Crippen molar-refractivity contribution in [3.63, 3.8) is 0 Å². The van der Waals surface area contributed by atoms with Crippen LogP contribution in [0.25, 0.3) is 10.7 Å². The highest BCUT2D eigenvalue weighted by Gasteiger charge is 2.20. The van der Waals surface area contributed by atoms with Gasteiger partial charge in [0.25, 0.3) is 0 Å². The third-order valence-electron chi connectivity index (χ3n) is 4.12. The highest BCUT2D eigenvalue weighted by atomic mass is 79.9. The van der Waals surface area contributed by atoms with Gasteiger partial charge in [-0.25, -0.2) is 14.6 Å². The van der Waals surface area contributed by atoms with Crippen LogP contribution in [-0.4, -0.2) is 26.4 Å². The van der Waals surface area contributed by atoms with Gasteiger partial charge in [-0.05, 0) is 52.9 Å². The van der Waals surface area contributed by atoms with Crippen molar-refractivity contribution in [2.75, 3.05) is 6.61 Å². The molecule has 5 nitrogen and oxygen atoms in total. The van der Waals surface area contributed by atoms with Gasteiger partial charge in [-0.3, -0.25) is 0 Å². The highest BCUT2D eigenvalue weighted by molar-refractivity contribution is 9.11. The molecule has 1 unspecified atom stereocenters. The summed E-state index contributed by atoms with van der Waals surface area (Å²) in [7, 11) is 0. The van der Waals surface area contributed by atoms with Crippen molar-refractivity contribution in [3.05, 3.63) is 50.8 Å². The van der Waals surface area contributed by atoms with E-state index in [1.165, 1.54) is 0 Å². The Balaban J connectivity index is 1.60. The maximum absolute atomic E-state index is 5.97. The molecule has 3 aromatic rings. The summed E-state index contributed by atoms with van der Waals surface area (Å²) < 4.78 is 8.44. The number of nitrogens with zero attached hydrogens (tertiary/aromatic N) is 4. The van der Waals surface area contributed by atoms with Crippen LogP contribution in [-0.2, 0) is 11.2 Å². The lowest BCUT2D eigenvalue weighted by atomic mass is 10.1. The molecular weight excluding hydrogens is 424 g/mol. The van der Waals surface area contributed by atoms with Crippen LogP contribution < -0.4 is 0 Å². The zero-order valence-corrected chi connectivity index (χ0v) is 16.5. The van der Waals surface area contributed by atoms with Gasteiger partial charge in [-0.15, -0.1) is 16.4 Å². The third-order valence-corrected chi connectivity index (χ3v) is 5.92. The zero-order valence-electron chi connectivity index (χ0n) is 13.4. The van der Waals surface area contributed by atoms with Gasteiger partial charge in [0.2, 0.25) is 0 Å². The van der Waals surface area contributed by atoms with E-state index in [0.717, 1.165) is 50.9 Å². The molecule has 3 heterocycles. The molecule has 0 N–H and O–H groups in total. The summed E-state index contributed by atoms with van der Waals surface area (Å²) in [5.41, 5.74) is 2.11. The average Bonchev–Trinajstić information content (AvgIpc) is 3.24. The van der Waals surface area contributed by atoms with E-state index in [4.69, 9.17) is 16.3 Å². The Hall–Kier alpha value is -1.28. The molecule has 1 saturated heterocycles. The van der Waals surface area contributed by atoms with Crippen LogP contribution in [0, 0.1) is 0 Å². The first-order valence-electron chi connectivity index (χ1n) is 8.12. The smallest absolute Gasteiger partial charge is 0.193 e. The van der Waals surface area contributed by atoms with Crippen molar-refractivity contribution < 1.29 is 4.74 Å². The molecule has 2 aromatic heterocycles. The van der Waals surface area contributed by atoms with Crippen molar-refractivity contribution in [2.45, 2.75) is 31.9 Å². The highest BCUT2D eigenvalue weighted by Crippen LogP contribution is 2.33. The average molecular weight is 440 g/mol. The number of benzene rings is 1. The number of hydrogen-bond acceptors (Lipinski definition) is 5. The first-order valence-corrected chi connectivity index (χ1v) is 10.1. The van der Waals surface area contributed by atoms with Crippen LogP contribution in [0.3, 0.4) is 0 Å². The molecule has 1 fully saturated rings. The van der Waals surface area contributed by atoms with Gasteiger partial charge in [-0.2, -0.15) is 0 Å². The summed E-state index contributed by atoms with van der Waals surface area (Å²) >= 11 is 11.0. The van der Waals surface area contributed by atoms with Gasteiger partial charge in [-0.1, -0.05) is 23.7 Å². The molecule has 1 atom stereocenters. The molecule has 130 valence electrons. The van der Waals surface area contributed by atoms with E-state index in [9.17, 15) is 0 Å². The molecule has 1 aliphatic rings. The molecule has 1 aliphatic heterocycles. The van der Waals surface area contributed by atoms with Gasteiger partial charge >= 0.3 is 0 Å². The second-order valence-electron chi connectivity index (χ2n) is 5.92. The van der Waals surface area contributed by atoms with Crippen LogP contribution in [0.2, 0.25) is 5.02 Å². The maximum Gasteiger partial charge on any atom is 0.193 e. The lowest BCUT2D eigenvalue weighted by Gasteiger charge is -2.21. The number of halogens is 2. The quantitative estimate of drug-likeness (QED) is 0.567. The summed E-state index contributed by atoms with van der Waals surface area (Å²) in [5.74, 6) is 0.696. The molecule has 25 heavy (non-hydrogen) atoms. The fourth-order valence-electron chi connectivity index (χ4n) is 2.86. The molecule has 1 aromatic carbocycles. The predicted octanol–water partition coefficient (Wildman–Crippen LogP) is 5.11. The number of aromatic nitrogens is 4. The second kappa shape index (κ2) is 7.53. The monoisotopic (exact) mass is 438 g/mol. The summed E-state index contributed by atoms with van der Waals surface area (Å²) in [6.07, 6.45) is 5.71. The Labute approximate surface area is 163 Å². The van der Waals surface area contributed by atoms with E-state index in [1.807, 2.05) is 28.9 Å². The number of hydrogen-bond donors (Lipinski definition) is 0. The number of thiazole rings is 1. The van der Waals surface area contributed by atoms with Crippen molar-refractivity contribution in [3.8, 4) is 10.7 Å². The van der Waals surface area contributed by atoms with Crippen molar-refractivity contribution in [2.24, 2.45) is 0 Å². The summed E-state index contributed by atoms with van der Waals surface area (Å²) in [6.45, 7) is 0.785. The minimum atomic E-state index is -0.00826. The third kappa shape index (κ3) is 3.95. The molecule has 0 saturated carbocycles. The first kappa shape index (κ1) is 17.1. The predicted molar refractivity (Wildman–Crippen MR) is 102 cm³/mol. The molecule has 4 rings (SSSR count). The maximum atomic E-state index is 5.97. The number of ether oxygens (including phenoxy) is 1. The second-order valence-corrected chi connectivity index (χ2v) is 8.63. The Morgan fingerprint density at radius 1 is 1.28 bits per heavy atom. The molecule has 0 amide bonds. The Morgan fingerprint density at radius 2 is 2.12 bits per heavy atom.